The quantitative estimate of drug-likeness (QED) is 0.292. The Bertz CT molecular complexity index is 1380. The van der Waals surface area contributed by atoms with Crippen LogP contribution >= 0.6 is 11.6 Å². The van der Waals surface area contributed by atoms with E-state index >= 15 is 0 Å². The van der Waals surface area contributed by atoms with E-state index in [1.54, 1.807) is 31.2 Å². The zero-order chi connectivity index (χ0) is 28.6. The Hall–Kier alpha value is -3.36. The minimum Gasteiger partial charge on any atom is -0.354 e. The van der Waals surface area contributed by atoms with Gasteiger partial charge in [0, 0.05) is 18.1 Å². The van der Waals surface area contributed by atoms with Crippen LogP contribution in [0, 0.1) is 13.8 Å². The summed E-state index contributed by atoms with van der Waals surface area (Å²) in [6.45, 7) is 7.73. The van der Waals surface area contributed by atoms with Crippen molar-refractivity contribution >= 4 is 39.1 Å². The van der Waals surface area contributed by atoms with Gasteiger partial charge in [-0.3, -0.25) is 13.9 Å². The molecule has 0 heterocycles. The van der Waals surface area contributed by atoms with Crippen molar-refractivity contribution in [3.8, 4) is 0 Å². The third-order valence-corrected chi connectivity index (χ3v) is 8.47. The van der Waals surface area contributed by atoms with Crippen molar-refractivity contribution < 1.29 is 18.0 Å². The Morgan fingerprint density at radius 2 is 1.62 bits per heavy atom. The lowest BCUT2D eigenvalue weighted by molar-refractivity contribution is -0.139. The summed E-state index contributed by atoms with van der Waals surface area (Å²) in [6, 6.07) is 19.6. The molecule has 208 valence electrons. The number of anilines is 1. The van der Waals surface area contributed by atoms with Crippen LogP contribution in [0.3, 0.4) is 0 Å². The van der Waals surface area contributed by atoms with E-state index in [9.17, 15) is 18.0 Å². The molecule has 0 aliphatic heterocycles. The van der Waals surface area contributed by atoms with Crippen LogP contribution in [0.4, 0.5) is 5.69 Å². The molecule has 3 aromatic carbocycles. The summed E-state index contributed by atoms with van der Waals surface area (Å²) in [7, 11) is -4.13. The number of carbonyl (C=O) groups excluding carboxylic acids is 2. The first-order valence-electron chi connectivity index (χ1n) is 13.0. The molecule has 0 spiro atoms. The van der Waals surface area contributed by atoms with Crippen molar-refractivity contribution in [2.75, 3.05) is 17.4 Å². The van der Waals surface area contributed by atoms with E-state index in [4.69, 9.17) is 11.6 Å². The fraction of sp³-hybridized carbons (Fsp3) is 0.333. The zero-order valence-electron chi connectivity index (χ0n) is 22.9. The van der Waals surface area contributed by atoms with Gasteiger partial charge in [-0.15, -0.1) is 0 Å². The topological polar surface area (TPSA) is 86.8 Å². The standard InChI is InChI=1S/C30H36ClN3O4S/c1-5-6-18-32-30(36)24(4)33(20-25-9-7-8-23(3)19-25)29(35)21-34(27-14-10-22(2)11-15-27)39(37,38)28-16-12-26(31)13-17-28/h7-17,19,24H,5-6,18,20-21H2,1-4H3,(H,32,36). The second-order valence-corrected chi connectivity index (χ2v) is 11.9. The second-order valence-electron chi connectivity index (χ2n) is 9.63. The van der Waals surface area contributed by atoms with E-state index in [0.717, 1.165) is 33.8 Å². The fourth-order valence-corrected chi connectivity index (χ4v) is 5.64. The molecule has 0 saturated heterocycles. The predicted molar refractivity (Wildman–Crippen MR) is 156 cm³/mol. The average molecular weight is 570 g/mol. The zero-order valence-corrected chi connectivity index (χ0v) is 24.4. The molecule has 0 aromatic heterocycles. The van der Waals surface area contributed by atoms with Crippen LogP contribution in [-0.2, 0) is 26.2 Å². The molecule has 0 saturated carbocycles. The summed E-state index contributed by atoms with van der Waals surface area (Å²) >= 11 is 5.99. The molecule has 0 fully saturated rings. The molecule has 0 radical (unpaired) electrons. The third kappa shape index (κ3) is 8.07. The van der Waals surface area contributed by atoms with Gasteiger partial charge in [0.15, 0.2) is 0 Å². The van der Waals surface area contributed by atoms with Gasteiger partial charge in [0.2, 0.25) is 11.8 Å². The molecule has 0 aliphatic rings. The Kier molecular flexibility index (Phi) is 10.5. The summed E-state index contributed by atoms with van der Waals surface area (Å²) in [5, 5.41) is 3.29. The minimum absolute atomic E-state index is 0.0101. The van der Waals surface area contributed by atoms with E-state index < -0.39 is 28.5 Å². The summed E-state index contributed by atoms with van der Waals surface area (Å²) in [5.41, 5.74) is 3.16. The largest absolute Gasteiger partial charge is 0.354 e. The molecule has 1 atom stereocenters. The molecule has 39 heavy (non-hydrogen) atoms. The molecular formula is C30H36ClN3O4S. The molecule has 3 aromatic rings. The van der Waals surface area contributed by atoms with Crippen LogP contribution in [0.25, 0.3) is 0 Å². The third-order valence-electron chi connectivity index (χ3n) is 6.43. The number of nitrogens with zero attached hydrogens (tertiary/aromatic N) is 2. The Labute approximate surface area is 236 Å². The van der Waals surface area contributed by atoms with Gasteiger partial charge in [-0.05, 0) is 69.2 Å². The molecule has 1 unspecified atom stereocenters. The maximum absolute atomic E-state index is 13.9. The van der Waals surface area contributed by atoms with Crippen LogP contribution in [-0.4, -0.2) is 44.3 Å². The van der Waals surface area contributed by atoms with Crippen molar-refractivity contribution in [3.05, 3.63) is 94.5 Å². The number of unbranched alkanes of at least 4 members (excludes halogenated alkanes) is 1. The normalized spacial score (nSPS) is 12.0. The van der Waals surface area contributed by atoms with Crippen LogP contribution in [0.15, 0.2) is 77.7 Å². The first-order chi connectivity index (χ1) is 18.5. The van der Waals surface area contributed by atoms with Gasteiger partial charge < -0.3 is 10.2 Å². The second kappa shape index (κ2) is 13.6. The number of sulfonamides is 1. The number of amides is 2. The number of carbonyl (C=O) groups is 2. The van der Waals surface area contributed by atoms with E-state index in [1.165, 1.54) is 29.2 Å². The van der Waals surface area contributed by atoms with Gasteiger partial charge in [-0.1, -0.05) is 72.5 Å². The molecular weight excluding hydrogens is 534 g/mol. The van der Waals surface area contributed by atoms with Crippen LogP contribution in [0.1, 0.15) is 43.4 Å². The minimum atomic E-state index is -4.13. The average Bonchev–Trinajstić information content (AvgIpc) is 2.90. The summed E-state index contributed by atoms with van der Waals surface area (Å²) in [5.74, 6) is -0.778. The van der Waals surface area contributed by atoms with Gasteiger partial charge >= 0.3 is 0 Å². The highest BCUT2D eigenvalue weighted by atomic mass is 35.5. The lowest BCUT2D eigenvalue weighted by Crippen LogP contribution is -2.51. The first-order valence-corrected chi connectivity index (χ1v) is 14.8. The predicted octanol–water partition coefficient (Wildman–Crippen LogP) is 5.49. The highest BCUT2D eigenvalue weighted by molar-refractivity contribution is 7.92. The highest BCUT2D eigenvalue weighted by Gasteiger charge is 2.32. The molecule has 2 amide bonds. The number of hydrogen-bond donors (Lipinski definition) is 1. The molecule has 7 nitrogen and oxygen atoms in total. The summed E-state index contributed by atoms with van der Waals surface area (Å²) in [4.78, 5) is 28.4. The Morgan fingerprint density at radius 3 is 2.23 bits per heavy atom. The molecule has 1 N–H and O–H groups in total. The smallest absolute Gasteiger partial charge is 0.264 e. The van der Waals surface area contributed by atoms with E-state index in [-0.39, 0.29) is 17.3 Å². The van der Waals surface area contributed by atoms with Crippen molar-refractivity contribution in [1.29, 1.82) is 0 Å². The lowest BCUT2D eigenvalue weighted by Gasteiger charge is -2.32. The van der Waals surface area contributed by atoms with Crippen molar-refractivity contribution in [3.63, 3.8) is 0 Å². The fourth-order valence-electron chi connectivity index (χ4n) is 4.10. The van der Waals surface area contributed by atoms with Gasteiger partial charge in [0.1, 0.15) is 12.6 Å². The summed E-state index contributed by atoms with van der Waals surface area (Å²) < 4.78 is 28.7. The maximum atomic E-state index is 13.9. The first kappa shape index (κ1) is 30.2. The van der Waals surface area contributed by atoms with Gasteiger partial charge in [-0.25, -0.2) is 8.42 Å². The molecule has 0 bridgehead atoms. The van der Waals surface area contributed by atoms with Crippen LogP contribution in [0.2, 0.25) is 5.02 Å². The molecule has 9 heteroatoms. The van der Waals surface area contributed by atoms with Crippen molar-refractivity contribution in [2.24, 2.45) is 0 Å². The summed E-state index contributed by atoms with van der Waals surface area (Å²) in [6.07, 6.45) is 1.75. The SMILES string of the molecule is CCCCNC(=O)C(C)N(Cc1cccc(C)c1)C(=O)CN(c1ccc(C)cc1)S(=O)(=O)c1ccc(Cl)cc1. The van der Waals surface area contributed by atoms with Crippen molar-refractivity contribution in [1.82, 2.24) is 10.2 Å². The van der Waals surface area contributed by atoms with Crippen LogP contribution in [0.5, 0.6) is 0 Å². The number of nitrogens with one attached hydrogen (secondary N) is 1. The maximum Gasteiger partial charge on any atom is 0.264 e. The van der Waals surface area contributed by atoms with E-state index in [2.05, 4.69) is 5.32 Å². The number of aryl methyl sites for hydroxylation is 2. The Balaban J connectivity index is 1.99. The monoisotopic (exact) mass is 569 g/mol. The highest BCUT2D eigenvalue weighted by Crippen LogP contribution is 2.26. The van der Waals surface area contributed by atoms with Gasteiger partial charge in [0.25, 0.3) is 10.0 Å². The Morgan fingerprint density at radius 1 is 0.949 bits per heavy atom. The van der Waals surface area contributed by atoms with Crippen molar-refractivity contribution in [2.45, 2.75) is 58.0 Å². The van der Waals surface area contributed by atoms with E-state index in [1.807, 2.05) is 45.0 Å². The number of rotatable bonds is 12. The molecule has 3 rings (SSSR count). The number of hydrogen-bond acceptors (Lipinski definition) is 4. The molecule has 0 aliphatic carbocycles. The van der Waals surface area contributed by atoms with Gasteiger partial charge in [0.05, 0.1) is 10.6 Å². The number of halogens is 1. The lowest BCUT2D eigenvalue weighted by atomic mass is 10.1. The van der Waals surface area contributed by atoms with Gasteiger partial charge in [-0.2, -0.15) is 0 Å². The number of benzene rings is 3. The van der Waals surface area contributed by atoms with E-state index in [0.29, 0.717) is 17.3 Å². The van der Waals surface area contributed by atoms with Crippen LogP contribution < -0.4 is 9.62 Å².